The van der Waals surface area contributed by atoms with Gasteiger partial charge in [-0.25, -0.2) is 9.97 Å². The van der Waals surface area contributed by atoms with Crippen molar-refractivity contribution >= 4 is 16.9 Å². The number of carbonyl (C=O) groups excluding carboxylic acids is 1. The first-order chi connectivity index (χ1) is 15.9. The normalized spacial score (nSPS) is 16.8. The van der Waals surface area contributed by atoms with Crippen LogP contribution in [0.25, 0.3) is 11.0 Å². The molecule has 11 heteroatoms. The van der Waals surface area contributed by atoms with Gasteiger partial charge in [0.2, 0.25) is 11.7 Å². The summed E-state index contributed by atoms with van der Waals surface area (Å²) >= 11 is 0. The number of para-hydroxylation sites is 1. The molecule has 5 rings (SSSR count). The number of rotatable bonds is 3. The lowest BCUT2D eigenvalue weighted by molar-refractivity contribution is -0.141. The maximum atomic E-state index is 13.8. The molecule has 34 heavy (non-hydrogen) atoms. The highest BCUT2D eigenvalue weighted by molar-refractivity contribution is 5.93. The molecule has 178 valence electrons. The number of hydrogen-bond acceptors (Lipinski definition) is 6. The topological polar surface area (TPSA) is 108 Å². The number of halogens is 3. The summed E-state index contributed by atoms with van der Waals surface area (Å²) < 4.78 is 52.6. The molecule has 2 N–H and O–H groups in total. The molecule has 0 bridgehead atoms. The summed E-state index contributed by atoms with van der Waals surface area (Å²) in [4.78, 5) is 25.5. The number of carbonyl (C=O) groups is 1. The Morgan fingerprint density at radius 1 is 1.26 bits per heavy atom. The van der Waals surface area contributed by atoms with Gasteiger partial charge in [0.25, 0.3) is 5.91 Å². The quantitative estimate of drug-likeness (QED) is 0.453. The smallest absolute Gasteiger partial charge is 0.437 e. The highest BCUT2D eigenvalue weighted by Gasteiger charge is 2.46. The van der Waals surface area contributed by atoms with E-state index in [1.165, 1.54) is 25.1 Å². The standard InChI is InChI=1S/C23H21F3N4O4/c1-11-5-4-6-12-9-14(33-17(11)12)16-15-13(27-10-28-15)7-8-30(16)20(31)18-19(23(24,25)26)29-21(34-18)22(2,3)32/h4-6,9-10,16,32H,7-8H2,1-3H3,(H,27,28)/t16-/m1/s1. The second-order valence-electron chi connectivity index (χ2n) is 8.81. The van der Waals surface area contributed by atoms with E-state index >= 15 is 0 Å². The van der Waals surface area contributed by atoms with Crippen molar-refractivity contribution in [3.8, 4) is 0 Å². The van der Waals surface area contributed by atoms with Crippen molar-refractivity contribution in [2.45, 2.75) is 45.0 Å². The van der Waals surface area contributed by atoms with Crippen molar-refractivity contribution in [1.29, 1.82) is 0 Å². The molecule has 4 heterocycles. The Labute approximate surface area is 191 Å². The Kier molecular flexibility index (Phi) is 4.87. The van der Waals surface area contributed by atoms with Crippen LogP contribution in [0.5, 0.6) is 0 Å². The second-order valence-corrected chi connectivity index (χ2v) is 8.81. The van der Waals surface area contributed by atoms with E-state index in [1.54, 1.807) is 6.07 Å². The Morgan fingerprint density at radius 2 is 2.03 bits per heavy atom. The van der Waals surface area contributed by atoms with Gasteiger partial charge in [-0.15, -0.1) is 0 Å². The van der Waals surface area contributed by atoms with Gasteiger partial charge in [-0.3, -0.25) is 4.79 Å². The zero-order valence-electron chi connectivity index (χ0n) is 18.5. The molecule has 0 saturated heterocycles. The van der Waals surface area contributed by atoms with E-state index in [-0.39, 0.29) is 6.54 Å². The molecular weight excluding hydrogens is 453 g/mol. The molecule has 0 aliphatic carbocycles. The molecule has 0 unspecified atom stereocenters. The van der Waals surface area contributed by atoms with Crippen LogP contribution in [-0.4, -0.2) is 37.4 Å². The lowest BCUT2D eigenvalue weighted by atomic mass is 9.99. The molecule has 0 spiro atoms. The molecule has 4 aromatic rings. The van der Waals surface area contributed by atoms with Gasteiger partial charge >= 0.3 is 6.18 Å². The van der Waals surface area contributed by atoms with E-state index in [4.69, 9.17) is 8.83 Å². The fraction of sp³-hybridized carbons (Fsp3) is 0.348. The summed E-state index contributed by atoms with van der Waals surface area (Å²) in [6.07, 6.45) is -3.14. The number of benzene rings is 1. The Morgan fingerprint density at radius 3 is 2.71 bits per heavy atom. The van der Waals surface area contributed by atoms with Crippen LogP contribution in [0.2, 0.25) is 0 Å². The number of imidazole rings is 1. The third kappa shape index (κ3) is 3.56. The maximum absolute atomic E-state index is 13.8. The number of nitrogens with one attached hydrogen (secondary N) is 1. The van der Waals surface area contributed by atoms with Gasteiger partial charge in [0.1, 0.15) is 23.0 Å². The molecule has 1 atom stereocenters. The van der Waals surface area contributed by atoms with Crippen molar-refractivity contribution in [1.82, 2.24) is 19.9 Å². The molecular formula is C23H21F3N4O4. The van der Waals surface area contributed by atoms with Gasteiger partial charge in [-0.05, 0) is 32.4 Å². The maximum Gasteiger partial charge on any atom is 0.437 e. The zero-order valence-corrected chi connectivity index (χ0v) is 18.5. The van der Waals surface area contributed by atoms with E-state index in [0.717, 1.165) is 16.6 Å². The van der Waals surface area contributed by atoms with E-state index < -0.39 is 41.1 Å². The number of aromatic amines is 1. The number of aromatic nitrogens is 3. The molecule has 1 aromatic carbocycles. The van der Waals surface area contributed by atoms with Crippen molar-refractivity contribution < 1.29 is 31.9 Å². The summed E-state index contributed by atoms with van der Waals surface area (Å²) in [6, 6.07) is 6.46. The van der Waals surface area contributed by atoms with Crippen molar-refractivity contribution in [3.63, 3.8) is 0 Å². The molecule has 3 aromatic heterocycles. The van der Waals surface area contributed by atoms with Crippen LogP contribution < -0.4 is 0 Å². The minimum absolute atomic E-state index is 0.0879. The van der Waals surface area contributed by atoms with E-state index in [9.17, 15) is 23.1 Å². The highest BCUT2D eigenvalue weighted by Crippen LogP contribution is 2.40. The second kappa shape index (κ2) is 7.45. The number of H-pyrrole nitrogens is 1. The number of oxazole rings is 1. The Bertz CT molecular complexity index is 1390. The van der Waals surface area contributed by atoms with E-state index in [0.29, 0.717) is 23.5 Å². The van der Waals surface area contributed by atoms with Crippen molar-refractivity contribution in [2.24, 2.45) is 0 Å². The number of hydrogen-bond donors (Lipinski definition) is 2. The minimum atomic E-state index is -4.96. The average Bonchev–Trinajstić information content (AvgIpc) is 3.48. The van der Waals surface area contributed by atoms with Crippen molar-refractivity contribution in [3.05, 3.63) is 70.6 Å². The number of amides is 1. The number of alkyl halides is 3. The van der Waals surface area contributed by atoms with Crippen LogP contribution in [-0.2, 0) is 18.2 Å². The van der Waals surface area contributed by atoms with Gasteiger partial charge in [-0.2, -0.15) is 13.2 Å². The first-order valence-corrected chi connectivity index (χ1v) is 10.6. The highest BCUT2D eigenvalue weighted by atomic mass is 19.4. The Balaban J connectivity index is 1.65. The average molecular weight is 474 g/mol. The molecule has 8 nitrogen and oxygen atoms in total. The molecule has 1 aliphatic rings. The fourth-order valence-corrected chi connectivity index (χ4v) is 4.20. The number of fused-ring (bicyclic) bond motifs is 2. The van der Waals surface area contributed by atoms with E-state index in [1.807, 2.05) is 25.1 Å². The van der Waals surface area contributed by atoms with Gasteiger partial charge in [-0.1, -0.05) is 18.2 Å². The number of aryl methyl sites for hydroxylation is 1. The van der Waals surface area contributed by atoms with Crippen LogP contribution in [0.3, 0.4) is 0 Å². The van der Waals surface area contributed by atoms with Crippen LogP contribution >= 0.6 is 0 Å². The van der Waals surface area contributed by atoms with Crippen molar-refractivity contribution in [2.75, 3.05) is 6.54 Å². The molecule has 0 radical (unpaired) electrons. The summed E-state index contributed by atoms with van der Waals surface area (Å²) in [7, 11) is 0. The van der Waals surface area contributed by atoms with Crippen LogP contribution in [0, 0.1) is 6.92 Å². The molecule has 1 amide bonds. The lowest BCUT2D eigenvalue weighted by Gasteiger charge is -2.33. The first-order valence-electron chi connectivity index (χ1n) is 10.6. The van der Waals surface area contributed by atoms with Gasteiger partial charge in [0.15, 0.2) is 5.69 Å². The first kappa shape index (κ1) is 22.2. The molecule has 0 saturated carbocycles. The largest absolute Gasteiger partial charge is 0.458 e. The van der Waals surface area contributed by atoms with Crippen LogP contribution in [0.1, 0.15) is 64.7 Å². The van der Waals surface area contributed by atoms with Crippen LogP contribution in [0.4, 0.5) is 13.2 Å². The SMILES string of the molecule is Cc1cccc2cc([C@@H]3c4nc[nH]c4CCN3C(=O)c3oc(C(C)(C)O)nc3C(F)(F)F)oc12. The number of aliphatic hydroxyl groups is 1. The fourth-order valence-electron chi connectivity index (χ4n) is 4.20. The zero-order chi connectivity index (χ0) is 24.4. The predicted molar refractivity (Wildman–Crippen MR) is 113 cm³/mol. The third-order valence-corrected chi connectivity index (χ3v) is 5.83. The van der Waals surface area contributed by atoms with Crippen LogP contribution in [0.15, 0.2) is 39.4 Å². The molecule has 0 fully saturated rings. The van der Waals surface area contributed by atoms with Gasteiger partial charge in [0.05, 0.1) is 12.0 Å². The summed E-state index contributed by atoms with van der Waals surface area (Å²) in [5.41, 5.74) is -0.562. The summed E-state index contributed by atoms with van der Waals surface area (Å²) in [6.45, 7) is 4.42. The summed E-state index contributed by atoms with van der Waals surface area (Å²) in [5.74, 6) is -2.25. The van der Waals surface area contributed by atoms with Gasteiger partial charge < -0.3 is 23.8 Å². The third-order valence-electron chi connectivity index (χ3n) is 5.83. The number of nitrogens with zero attached hydrogens (tertiary/aromatic N) is 3. The lowest BCUT2D eigenvalue weighted by Crippen LogP contribution is -2.41. The monoisotopic (exact) mass is 474 g/mol. The minimum Gasteiger partial charge on any atom is -0.458 e. The summed E-state index contributed by atoms with van der Waals surface area (Å²) in [5, 5.41) is 10.9. The van der Waals surface area contributed by atoms with Gasteiger partial charge in [0, 0.05) is 24.0 Å². The van der Waals surface area contributed by atoms with E-state index in [2.05, 4.69) is 15.0 Å². The number of furan rings is 1. The Hall–Kier alpha value is -3.60. The predicted octanol–water partition coefficient (Wildman–Crippen LogP) is 4.49. The molecule has 1 aliphatic heterocycles.